The van der Waals surface area contributed by atoms with E-state index in [-0.39, 0.29) is 16.8 Å². The van der Waals surface area contributed by atoms with Gasteiger partial charge in [0.15, 0.2) is 11.6 Å². The molecule has 1 aromatic carbocycles. The third kappa shape index (κ3) is 5.71. The number of amides is 1. The maximum absolute atomic E-state index is 14.6. The van der Waals surface area contributed by atoms with Crippen LogP contribution in [0.3, 0.4) is 0 Å². The Bertz CT molecular complexity index is 1500. The van der Waals surface area contributed by atoms with Gasteiger partial charge in [-0.3, -0.25) is 9.78 Å². The molecular weight excluding hydrogens is 559 g/mol. The van der Waals surface area contributed by atoms with Gasteiger partial charge in [0.25, 0.3) is 0 Å². The summed E-state index contributed by atoms with van der Waals surface area (Å²) in [6, 6.07) is -0.0387. The highest BCUT2D eigenvalue weighted by atomic mass is 32.2. The molecule has 0 aliphatic carbocycles. The van der Waals surface area contributed by atoms with Gasteiger partial charge in [0.1, 0.15) is 18.0 Å². The van der Waals surface area contributed by atoms with Crippen LogP contribution in [-0.4, -0.2) is 51.8 Å². The second-order valence-corrected chi connectivity index (χ2v) is 10.4. The number of halogens is 7. The predicted octanol–water partition coefficient (Wildman–Crippen LogP) is 3.78. The Morgan fingerprint density at radius 3 is 2.31 bits per heavy atom. The van der Waals surface area contributed by atoms with Gasteiger partial charge in [-0.25, -0.2) is 35.9 Å². The van der Waals surface area contributed by atoms with Crippen molar-refractivity contribution < 1.29 is 43.9 Å². The third-order valence-electron chi connectivity index (χ3n) is 6.04. The molecule has 208 valence electrons. The van der Waals surface area contributed by atoms with Gasteiger partial charge in [-0.2, -0.15) is 17.5 Å². The van der Waals surface area contributed by atoms with Crippen LogP contribution in [0, 0.1) is 17.5 Å². The number of rotatable bonds is 6. The number of hydrogen-bond donors (Lipinski definition) is 1. The van der Waals surface area contributed by atoms with Crippen LogP contribution in [0.5, 0.6) is 0 Å². The molecule has 1 aliphatic rings. The molecule has 4 rings (SSSR count). The average molecular weight is 577 g/mol. The number of carbonyl (C=O) groups excluding carboxylic acids is 1. The van der Waals surface area contributed by atoms with Crippen LogP contribution < -0.4 is 5.32 Å². The highest BCUT2D eigenvalue weighted by Gasteiger charge is 2.49. The first kappa shape index (κ1) is 28.4. The number of nitrogens with zero attached hydrogens (tertiary/aromatic N) is 4. The summed E-state index contributed by atoms with van der Waals surface area (Å²) in [4.78, 5) is 22.4. The van der Waals surface area contributed by atoms with Crippen molar-refractivity contribution in [1.29, 1.82) is 0 Å². The number of benzene rings is 1. The van der Waals surface area contributed by atoms with Crippen molar-refractivity contribution in [3.8, 4) is 11.3 Å². The molecule has 1 aliphatic heterocycles. The summed E-state index contributed by atoms with van der Waals surface area (Å²) in [5, 5.41) is 2.31. The molecule has 0 radical (unpaired) electrons. The second kappa shape index (κ2) is 10.5. The van der Waals surface area contributed by atoms with Crippen LogP contribution in [0.4, 0.5) is 30.7 Å². The summed E-state index contributed by atoms with van der Waals surface area (Å²) >= 11 is 0. The fourth-order valence-electron chi connectivity index (χ4n) is 4.01. The van der Waals surface area contributed by atoms with Gasteiger partial charge in [0, 0.05) is 36.5 Å². The Hall–Kier alpha value is -3.66. The molecule has 3 aromatic rings. The summed E-state index contributed by atoms with van der Waals surface area (Å²) in [5.74, 6) is -6.04. The summed E-state index contributed by atoms with van der Waals surface area (Å²) in [6.45, 7) is 0.679. The lowest BCUT2D eigenvalue weighted by Gasteiger charge is -2.27. The highest BCUT2D eigenvalue weighted by Crippen LogP contribution is 2.34. The number of pyridine rings is 1. The number of carbonyl (C=O) groups is 1. The molecule has 1 saturated heterocycles. The maximum atomic E-state index is 14.6. The van der Waals surface area contributed by atoms with E-state index in [4.69, 9.17) is 0 Å². The first-order valence-electron chi connectivity index (χ1n) is 11.1. The molecular formula is C23H18F7N5O3S. The Kier molecular flexibility index (Phi) is 7.62. The molecule has 0 unspecified atom stereocenters. The monoisotopic (exact) mass is 577 g/mol. The third-order valence-corrected chi connectivity index (χ3v) is 8.03. The van der Waals surface area contributed by atoms with Crippen LogP contribution in [0.1, 0.15) is 24.7 Å². The zero-order chi connectivity index (χ0) is 28.7. The SMILES string of the molecule is C[C@H]1[C@H](F)C[C@@H](C(=O)NCc2cc(-c3cnc(C(F)(F)F)nc3)ncc2F)N1S(=O)(=O)c1ccc(F)c(F)c1. The lowest BCUT2D eigenvalue weighted by molar-refractivity contribution is -0.145. The molecule has 0 saturated carbocycles. The van der Waals surface area contributed by atoms with E-state index in [1.807, 2.05) is 0 Å². The van der Waals surface area contributed by atoms with E-state index in [0.717, 1.165) is 30.7 Å². The number of hydrogen-bond acceptors (Lipinski definition) is 6. The standard InChI is InChI=1S/C23H18F7N5O3S/c1-11-16(25)6-20(35(11)39(37,38)14-2-3-15(24)17(26)5-14)21(36)32-7-12-4-19(31-10-18(12)27)13-8-33-22(34-9-13)23(28,29)30/h2-5,8-11,16,20H,6-7H2,1H3,(H,32,36)/t11-,16+,20-/m0/s1. The van der Waals surface area contributed by atoms with Gasteiger partial charge in [0.05, 0.1) is 22.8 Å². The Morgan fingerprint density at radius 1 is 1.03 bits per heavy atom. The molecule has 39 heavy (non-hydrogen) atoms. The smallest absolute Gasteiger partial charge is 0.351 e. The predicted molar refractivity (Wildman–Crippen MR) is 120 cm³/mol. The zero-order valence-electron chi connectivity index (χ0n) is 19.8. The summed E-state index contributed by atoms with van der Waals surface area (Å²) in [6.07, 6.45) is -4.68. The maximum Gasteiger partial charge on any atom is 0.451 e. The van der Waals surface area contributed by atoms with Crippen LogP contribution in [0.25, 0.3) is 11.3 Å². The van der Waals surface area contributed by atoms with Crippen molar-refractivity contribution in [2.24, 2.45) is 0 Å². The molecule has 0 bridgehead atoms. The Balaban J connectivity index is 1.54. The largest absolute Gasteiger partial charge is 0.451 e. The van der Waals surface area contributed by atoms with Crippen LogP contribution in [-0.2, 0) is 27.5 Å². The first-order valence-corrected chi connectivity index (χ1v) is 12.6. The molecule has 0 spiro atoms. The van der Waals surface area contributed by atoms with Crippen molar-refractivity contribution in [3.63, 3.8) is 0 Å². The number of alkyl halides is 4. The number of aromatic nitrogens is 3. The summed E-state index contributed by atoms with van der Waals surface area (Å²) in [5.41, 5.74) is -0.175. The van der Waals surface area contributed by atoms with Gasteiger partial charge in [0.2, 0.25) is 21.8 Å². The van der Waals surface area contributed by atoms with Gasteiger partial charge < -0.3 is 5.32 Å². The molecule has 1 amide bonds. The topological polar surface area (TPSA) is 105 Å². The van der Waals surface area contributed by atoms with Crippen molar-refractivity contribution in [2.45, 2.75) is 49.2 Å². The molecule has 1 fully saturated rings. The lowest BCUT2D eigenvalue weighted by atomic mass is 10.1. The summed E-state index contributed by atoms with van der Waals surface area (Å²) in [7, 11) is -4.65. The van der Waals surface area contributed by atoms with Crippen LogP contribution >= 0.6 is 0 Å². The van der Waals surface area contributed by atoms with Crippen molar-refractivity contribution >= 4 is 15.9 Å². The minimum atomic E-state index is -4.77. The fraction of sp³-hybridized carbons (Fsp3) is 0.304. The Labute approximate surface area is 217 Å². The van der Waals surface area contributed by atoms with Crippen molar-refractivity contribution in [3.05, 3.63) is 71.7 Å². The van der Waals surface area contributed by atoms with Gasteiger partial charge in [-0.05, 0) is 31.2 Å². The second-order valence-electron chi connectivity index (χ2n) is 8.59. The average Bonchev–Trinajstić information content (AvgIpc) is 3.19. The highest BCUT2D eigenvalue weighted by molar-refractivity contribution is 7.89. The van der Waals surface area contributed by atoms with E-state index in [0.29, 0.717) is 16.4 Å². The zero-order valence-corrected chi connectivity index (χ0v) is 20.6. The minimum Gasteiger partial charge on any atom is -0.351 e. The number of nitrogens with one attached hydrogen (secondary N) is 1. The van der Waals surface area contributed by atoms with Gasteiger partial charge in [-0.15, -0.1) is 0 Å². The van der Waals surface area contributed by atoms with E-state index in [2.05, 4.69) is 20.3 Å². The number of sulfonamides is 1. The fourth-order valence-corrected chi connectivity index (χ4v) is 5.83. The van der Waals surface area contributed by atoms with Crippen molar-refractivity contribution in [1.82, 2.24) is 24.6 Å². The summed E-state index contributed by atoms with van der Waals surface area (Å²) < 4.78 is 121. The molecule has 16 heteroatoms. The van der Waals surface area contributed by atoms with Crippen LogP contribution in [0.15, 0.2) is 47.8 Å². The first-order chi connectivity index (χ1) is 18.2. The van der Waals surface area contributed by atoms with Crippen LogP contribution in [0.2, 0.25) is 0 Å². The van der Waals surface area contributed by atoms with E-state index in [1.165, 1.54) is 6.92 Å². The quantitative estimate of drug-likeness (QED) is 0.448. The Morgan fingerprint density at radius 2 is 1.69 bits per heavy atom. The van der Waals surface area contributed by atoms with Crippen molar-refractivity contribution in [2.75, 3.05) is 0 Å². The van der Waals surface area contributed by atoms with E-state index >= 15 is 0 Å². The minimum absolute atomic E-state index is 0.0178. The van der Waals surface area contributed by atoms with Gasteiger partial charge in [-0.1, -0.05) is 0 Å². The molecule has 8 nitrogen and oxygen atoms in total. The van der Waals surface area contributed by atoms with E-state index in [1.54, 1.807) is 0 Å². The molecule has 2 aromatic heterocycles. The van der Waals surface area contributed by atoms with Gasteiger partial charge >= 0.3 is 6.18 Å². The normalized spacial score (nSPS) is 20.3. The molecule has 3 atom stereocenters. The molecule has 3 heterocycles. The van der Waals surface area contributed by atoms with E-state index < -0.39 is 81.5 Å². The molecule has 1 N–H and O–H groups in total. The van der Waals surface area contributed by atoms with E-state index in [9.17, 15) is 43.9 Å². The lowest BCUT2D eigenvalue weighted by Crippen LogP contribution is -2.48.